The largest absolute Gasteiger partial charge is 0.481 e. The second kappa shape index (κ2) is 5.36. The number of carboxylic acids is 1. The maximum Gasteiger partial charge on any atom is 0.317 e. The number of carboxylic acid groups (broad SMARTS) is 1. The van der Waals surface area contributed by atoms with Crippen molar-refractivity contribution < 1.29 is 14.7 Å². The lowest BCUT2D eigenvalue weighted by Crippen LogP contribution is -2.42. The lowest BCUT2D eigenvalue weighted by Gasteiger charge is -2.21. The zero-order chi connectivity index (χ0) is 14.0. The number of likely N-dealkylation sites (tertiary alicyclic amines) is 2. The van der Waals surface area contributed by atoms with Crippen molar-refractivity contribution in [2.75, 3.05) is 39.8 Å². The van der Waals surface area contributed by atoms with E-state index in [1.54, 1.807) is 11.8 Å². The minimum atomic E-state index is -0.819. The number of nitrogens with one attached hydrogen (secondary N) is 1. The Balaban J connectivity index is 1.77. The van der Waals surface area contributed by atoms with Crippen molar-refractivity contribution in [3.05, 3.63) is 0 Å². The van der Waals surface area contributed by atoms with Gasteiger partial charge in [-0.3, -0.25) is 4.79 Å². The molecule has 2 saturated heterocycles. The van der Waals surface area contributed by atoms with Crippen LogP contribution in [0.4, 0.5) is 4.79 Å². The summed E-state index contributed by atoms with van der Waals surface area (Å²) in [6.07, 6.45) is 1.64. The highest BCUT2D eigenvalue weighted by Gasteiger charge is 2.42. The minimum absolute atomic E-state index is 0.125. The van der Waals surface area contributed by atoms with Crippen LogP contribution in [-0.4, -0.2) is 66.7 Å². The third kappa shape index (κ3) is 3.18. The van der Waals surface area contributed by atoms with Gasteiger partial charge in [-0.15, -0.1) is 0 Å². The standard InChI is InChI=1S/C13H23N3O3/c1-13(11(17)18)4-6-16(9-13)12(19)14-7-10-3-5-15(2)8-10/h10H,3-9H2,1-2H3,(H,14,19)(H,17,18). The summed E-state index contributed by atoms with van der Waals surface area (Å²) in [6.45, 7) is 5.32. The molecule has 2 aliphatic rings. The SMILES string of the molecule is CN1CCC(CNC(=O)N2CCC(C)(C(=O)O)C2)C1. The summed E-state index contributed by atoms with van der Waals surface area (Å²) < 4.78 is 0. The van der Waals surface area contributed by atoms with Gasteiger partial charge in [0.25, 0.3) is 0 Å². The molecule has 19 heavy (non-hydrogen) atoms. The van der Waals surface area contributed by atoms with Crippen LogP contribution in [0.1, 0.15) is 19.8 Å². The van der Waals surface area contributed by atoms with Crippen LogP contribution >= 0.6 is 0 Å². The van der Waals surface area contributed by atoms with E-state index in [1.165, 1.54) is 0 Å². The van der Waals surface area contributed by atoms with Crippen LogP contribution in [0.25, 0.3) is 0 Å². The van der Waals surface area contributed by atoms with E-state index in [-0.39, 0.29) is 6.03 Å². The Bertz CT molecular complexity index is 374. The second-order valence-electron chi connectivity index (χ2n) is 6.14. The van der Waals surface area contributed by atoms with Crippen molar-refractivity contribution in [1.82, 2.24) is 15.1 Å². The molecule has 2 unspecified atom stereocenters. The summed E-state index contributed by atoms with van der Waals surface area (Å²) >= 11 is 0. The molecule has 2 N–H and O–H groups in total. The lowest BCUT2D eigenvalue weighted by atomic mass is 9.90. The van der Waals surface area contributed by atoms with E-state index in [9.17, 15) is 9.59 Å². The molecule has 2 amide bonds. The van der Waals surface area contributed by atoms with Gasteiger partial charge >= 0.3 is 12.0 Å². The number of rotatable bonds is 3. The lowest BCUT2D eigenvalue weighted by molar-refractivity contribution is -0.146. The minimum Gasteiger partial charge on any atom is -0.481 e. The van der Waals surface area contributed by atoms with E-state index in [4.69, 9.17) is 5.11 Å². The third-order valence-electron chi connectivity index (χ3n) is 4.31. The number of carbonyl (C=O) groups excluding carboxylic acids is 1. The molecular formula is C13H23N3O3. The predicted octanol–water partition coefficient (Wildman–Crippen LogP) is 0.444. The van der Waals surface area contributed by atoms with Gasteiger partial charge in [0.15, 0.2) is 0 Å². The molecular weight excluding hydrogens is 246 g/mol. The molecule has 2 rings (SSSR count). The van der Waals surface area contributed by atoms with E-state index in [0.717, 1.165) is 19.5 Å². The number of carbonyl (C=O) groups is 2. The van der Waals surface area contributed by atoms with Gasteiger partial charge in [-0.25, -0.2) is 4.79 Å². The van der Waals surface area contributed by atoms with Crippen molar-refractivity contribution >= 4 is 12.0 Å². The van der Waals surface area contributed by atoms with Gasteiger partial charge in [0, 0.05) is 26.2 Å². The first kappa shape index (κ1) is 14.1. The van der Waals surface area contributed by atoms with Gasteiger partial charge in [-0.05, 0) is 39.3 Å². The molecule has 2 atom stereocenters. The number of hydrogen-bond acceptors (Lipinski definition) is 3. The van der Waals surface area contributed by atoms with E-state index in [2.05, 4.69) is 17.3 Å². The van der Waals surface area contributed by atoms with Gasteiger partial charge in [0.1, 0.15) is 0 Å². The van der Waals surface area contributed by atoms with Crippen LogP contribution in [-0.2, 0) is 4.79 Å². The Morgan fingerprint density at radius 3 is 2.68 bits per heavy atom. The Morgan fingerprint density at radius 2 is 2.16 bits per heavy atom. The van der Waals surface area contributed by atoms with Crippen molar-refractivity contribution in [3.8, 4) is 0 Å². The second-order valence-corrected chi connectivity index (χ2v) is 6.14. The zero-order valence-electron chi connectivity index (χ0n) is 11.7. The normalized spacial score (nSPS) is 31.7. The highest BCUT2D eigenvalue weighted by molar-refractivity contribution is 5.79. The molecule has 0 aromatic heterocycles. The van der Waals surface area contributed by atoms with E-state index in [1.807, 2.05) is 0 Å². The topological polar surface area (TPSA) is 72.9 Å². The average molecular weight is 269 g/mol. The van der Waals surface area contributed by atoms with Gasteiger partial charge in [-0.2, -0.15) is 0 Å². The summed E-state index contributed by atoms with van der Waals surface area (Å²) in [5, 5.41) is 12.1. The summed E-state index contributed by atoms with van der Waals surface area (Å²) in [4.78, 5) is 27.0. The Morgan fingerprint density at radius 1 is 1.42 bits per heavy atom. The van der Waals surface area contributed by atoms with E-state index >= 15 is 0 Å². The maximum absolute atomic E-state index is 12.0. The van der Waals surface area contributed by atoms with Crippen molar-refractivity contribution in [2.24, 2.45) is 11.3 Å². The fourth-order valence-electron chi connectivity index (χ4n) is 2.85. The Kier molecular flexibility index (Phi) is 3.99. The Hall–Kier alpha value is -1.30. The molecule has 0 aliphatic carbocycles. The first-order valence-corrected chi connectivity index (χ1v) is 6.85. The van der Waals surface area contributed by atoms with Crippen LogP contribution in [0.2, 0.25) is 0 Å². The molecule has 6 heteroatoms. The quantitative estimate of drug-likeness (QED) is 0.780. The van der Waals surface area contributed by atoms with E-state index in [0.29, 0.717) is 32.0 Å². The third-order valence-corrected chi connectivity index (χ3v) is 4.31. The Labute approximate surface area is 113 Å². The first-order valence-electron chi connectivity index (χ1n) is 6.85. The summed E-state index contributed by atoms with van der Waals surface area (Å²) in [6, 6.07) is -0.125. The fourth-order valence-corrected chi connectivity index (χ4v) is 2.85. The first-order chi connectivity index (χ1) is 8.90. The zero-order valence-corrected chi connectivity index (χ0v) is 11.7. The molecule has 108 valence electrons. The molecule has 0 radical (unpaired) electrons. The molecule has 0 aromatic rings. The predicted molar refractivity (Wildman–Crippen MR) is 70.9 cm³/mol. The van der Waals surface area contributed by atoms with Gasteiger partial charge in [-0.1, -0.05) is 0 Å². The highest BCUT2D eigenvalue weighted by Crippen LogP contribution is 2.30. The number of hydrogen-bond donors (Lipinski definition) is 2. The van der Waals surface area contributed by atoms with E-state index < -0.39 is 11.4 Å². The number of nitrogens with zero attached hydrogens (tertiary/aromatic N) is 2. The summed E-state index contributed by atoms with van der Waals surface area (Å²) in [5.41, 5.74) is -0.787. The molecule has 6 nitrogen and oxygen atoms in total. The average Bonchev–Trinajstić information content (AvgIpc) is 2.94. The highest BCUT2D eigenvalue weighted by atomic mass is 16.4. The molecule has 0 bridgehead atoms. The summed E-state index contributed by atoms with van der Waals surface area (Å²) in [5.74, 6) is -0.303. The van der Waals surface area contributed by atoms with Crippen molar-refractivity contribution in [3.63, 3.8) is 0 Å². The smallest absolute Gasteiger partial charge is 0.317 e. The fraction of sp³-hybridized carbons (Fsp3) is 0.846. The van der Waals surface area contributed by atoms with Crippen LogP contribution in [0.15, 0.2) is 0 Å². The molecule has 2 aliphatic heterocycles. The molecule has 0 saturated carbocycles. The van der Waals surface area contributed by atoms with Crippen molar-refractivity contribution in [1.29, 1.82) is 0 Å². The number of aliphatic carboxylic acids is 1. The van der Waals surface area contributed by atoms with Crippen LogP contribution in [0, 0.1) is 11.3 Å². The summed E-state index contributed by atoms with van der Waals surface area (Å²) in [7, 11) is 2.08. The van der Waals surface area contributed by atoms with Gasteiger partial charge in [0.05, 0.1) is 5.41 Å². The molecule has 0 aromatic carbocycles. The van der Waals surface area contributed by atoms with Crippen LogP contribution < -0.4 is 5.32 Å². The molecule has 2 fully saturated rings. The monoisotopic (exact) mass is 269 g/mol. The molecule has 2 heterocycles. The van der Waals surface area contributed by atoms with Crippen molar-refractivity contribution in [2.45, 2.75) is 19.8 Å². The van der Waals surface area contributed by atoms with Gasteiger partial charge < -0.3 is 20.2 Å². The van der Waals surface area contributed by atoms with Crippen LogP contribution in [0.5, 0.6) is 0 Å². The molecule has 0 spiro atoms. The van der Waals surface area contributed by atoms with Gasteiger partial charge in [0.2, 0.25) is 0 Å². The number of amides is 2. The van der Waals surface area contributed by atoms with Crippen LogP contribution in [0.3, 0.4) is 0 Å². The number of urea groups is 1. The maximum atomic E-state index is 12.0.